The molecule has 0 amide bonds. The largest absolute Gasteiger partial charge is 0.496 e. The van der Waals surface area contributed by atoms with E-state index in [1.165, 1.54) is 5.56 Å². The van der Waals surface area contributed by atoms with Crippen LogP contribution in [0.4, 0.5) is 0 Å². The lowest BCUT2D eigenvalue weighted by Crippen LogP contribution is -2.32. The second-order valence-corrected chi connectivity index (χ2v) is 4.57. The molecular weight excluding hydrogens is 226 g/mol. The summed E-state index contributed by atoms with van der Waals surface area (Å²) in [5, 5.41) is 11.8. The zero-order chi connectivity index (χ0) is 12.8. The highest BCUT2D eigenvalue weighted by Gasteiger charge is 2.22. The molecule has 96 valence electrons. The third-order valence-electron chi connectivity index (χ3n) is 3.33. The number of nitriles is 1. The summed E-state index contributed by atoms with van der Waals surface area (Å²) in [6.45, 7) is 3.42. The van der Waals surface area contributed by atoms with Crippen molar-refractivity contribution in [3.8, 4) is 11.8 Å². The van der Waals surface area contributed by atoms with Crippen molar-refractivity contribution in [2.45, 2.75) is 19.0 Å². The predicted molar refractivity (Wildman–Crippen MR) is 70.3 cm³/mol. The average Bonchev–Trinajstić information content (AvgIpc) is 2.84. The number of likely N-dealkylation sites (tertiary alicyclic amines) is 1. The van der Waals surface area contributed by atoms with Crippen LogP contribution in [0.1, 0.15) is 12.0 Å². The van der Waals surface area contributed by atoms with E-state index in [2.05, 4.69) is 22.4 Å². The van der Waals surface area contributed by atoms with Crippen molar-refractivity contribution in [2.75, 3.05) is 26.7 Å². The molecule has 1 aliphatic rings. The molecule has 0 aromatic heterocycles. The molecule has 0 radical (unpaired) electrons. The summed E-state index contributed by atoms with van der Waals surface area (Å²) in [7, 11) is 1.71. The number of hydrogen-bond donors (Lipinski definition) is 1. The number of methoxy groups -OCH3 is 1. The van der Waals surface area contributed by atoms with E-state index in [1.807, 2.05) is 18.2 Å². The zero-order valence-corrected chi connectivity index (χ0v) is 10.7. The number of ether oxygens (including phenoxy) is 1. The number of nitrogens with zero attached hydrogens (tertiary/aromatic N) is 2. The highest BCUT2D eigenvalue weighted by molar-refractivity contribution is 5.33. The van der Waals surface area contributed by atoms with Crippen LogP contribution in [0.25, 0.3) is 0 Å². The highest BCUT2D eigenvalue weighted by atomic mass is 16.5. The maximum Gasteiger partial charge on any atom is 0.123 e. The van der Waals surface area contributed by atoms with Gasteiger partial charge in [-0.1, -0.05) is 18.2 Å². The number of rotatable bonds is 5. The van der Waals surface area contributed by atoms with Crippen molar-refractivity contribution >= 4 is 0 Å². The van der Waals surface area contributed by atoms with Crippen LogP contribution in [-0.4, -0.2) is 37.7 Å². The zero-order valence-electron chi connectivity index (χ0n) is 10.7. The fraction of sp³-hybridized carbons (Fsp3) is 0.500. The monoisotopic (exact) mass is 245 g/mol. The van der Waals surface area contributed by atoms with Gasteiger partial charge in [0.05, 0.1) is 19.7 Å². The van der Waals surface area contributed by atoms with Gasteiger partial charge < -0.3 is 10.1 Å². The van der Waals surface area contributed by atoms with Gasteiger partial charge in [-0.2, -0.15) is 5.26 Å². The van der Waals surface area contributed by atoms with Crippen LogP contribution in [0.3, 0.4) is 0 Å². The second-order valence-electron chi connectivity index (χ2n) is 4.57. The van der Waals surface area contributed by atoms with E-state index in [0.29, 0.717) is 12.6 Å². The Morgan fingerprint density at radius 3 is 3.11 bits per heavy atom. The van der Waals surface area contributed by atoms with E-state index < -0.39 is 0 Å². The number of para-hydroxylation sites is 1. The lowest BCUT2D eigenvalue weighted by atomic mass is 10.2. The first-order valence-electron chi connectivity index (χ1n) is 6.28. The molecule has 4 nitrogen and oxygen atoms in total. The van der Waals surface area contributed by atoms with Gasteiger partial charge in [0.25, 0.3) is 0 Å². The lowest BCUT2D eigenvalue weighted by Gasteiger charge is -2.17. The van der Waals surface area contributed by atoms with Crippen molar-refractivity contribution in [3.63, 3.8) is 0 Å². The first kappa shape index (κ1) is 12.9. The quantitative estimate of drug-likeness (QED) is 0.796. The van der Waals surface area contributed by atoms with Gasteiger partial charge in [0.15, 0.2) is 0 Å². The van der Waals surface area contributed by atoms with Crippen molar-refractivity contribution in [3.05, 3.63) is 29.8 Å². The minimum atomic E-state index is 0.438. The Balaban J connectivity index is 1.89. The van der Waals surface area contributed by atoms with Gasteiger partial charge in [0.2, 0.25) is 0 Å². The third-order valence-corrected chi connectivity index (χ3v) is 3.33. The minimum Gasteiger partial charge on any atom is -0.496 e. The van der Waals surface area contributed by atoms with Crippen molar-refractivity contribution in [1.29, 1.82) is 5.26 Å². The highest BCUT2D eigenvalue weighted by Crippen LogP contribution is 2.21. The van der Waals surface area contributed by atoms with Gasteiger partial charge in [0.1, 0.15) is 5.75 Å². The Bertz CT molecular complexity index is 427. The first-order valence-corrected chi connectivity index (χ1v) is 6.28. The summed E-state index contributed by atoms with van der Waals surface area (Å²) in [6, 6.07) is 10.7. The van der Waals surface area contributed by atoms with Crippen LogP contribution >= 0.6 is 0 Å². The molecule has 1 heterocycles. The molecule has 1 fully saturated rings. The third kappa shape index (κ3) is 3.22. The van der Waals surface area contributed by atoms with Crippen LogP contribution in [-0.2, 0) is 6.54 Å². The summed E-state index contributed by atoms with van der Waals surface area (Å²) in [4.78, 5) is 2.40. The van der Waals surface area contributed by atoms with Crippen LogP contribution in [0.5, 0.6) is 5.75 Å². The molecule has 0 spiro atoms. The predicted octanol–water partition coefficient (Wildman–Crippen LogP) is 1.38. The van der Waals surface area contributed by atoms with Crippen molar-refractivity contribution in [2.24, 2.45) is 0 Å². The van der Waals surface area contributed by atoms with Crippen LogP contribution in [0, 0.1) is 11.3 Å². The summed E-state index contributed by atoms with van der Waals surface area (Å²) in [5.41, 5.74) is 1.22. The fourth-order valence-corrected chi connectivity index (χ4v) is 2.41. The SMILES string of the molecule is COc1ccccc1CN1CCC(NCC#N)C1. The number of nitrogens with one attached hydrogen (secondary N) is 1. The summed E-state index contributed by atoms with van der Waals surface area (Å²) in [5.74, 6) is 0.950. The molecule has 1 unspecified atom stereocenters. The Hall–Kier alpha value is -1.57. The molecule has 1 atom stereocenters. The molecule has 0 aliphatic carbocycles. The molecule has 1 aliphatic heterocycles. The normalized spacial score (nSPS) is 19.7. The second kappa shape index (κ2) is 6.39. The summed E-state index contributed by atoms with van der Waals surface area (Å²) in [6.07, 6.45) is 1.11. The molecule has 4 heteroatoms. The molecule has 1 N–H and O–H groups in total. The van der Waals surface area contributed by atoms with E-state index in [-0.39, 0.29) is 0 Å². The first-order chi connectivity index (χ1) is 8.83. The minimum absolute atomic E-state index is 0.438. The average molecular weight is 245 g/mol. The Kier molecular flexibility index (Phi) is 4.57. The van der Waals surface area contributed by atoms with Gasteiger partial charge in [0, 0.05) is 31.2 Å². The molecule has 18 heavy (non-hydrogen) atoms. The van der Waals surface area contributed by atoms with Gasteiger partial charge in [-0.3, -0.25) is 4.90 Å². The maximum absolute atomic E-state index is 8.55. The molecule has 0 saturated carbocycles. The Labute approximate surface area is 108 Å². The molecule has 1 aromatic carbocycles. The van der Waals surface area contributed by atoms with E-state index in [1.54, 1.807) is 7.11 Å². The van der Waals surface area contributed by atoms with Gasteiger partial charge >= 0.3 is 0 Å². The van der Waals surface area contributed by atoms with Gasteiger partial charge in [-0.05, 0) is 12.5 Å². The van der Waals surface area contributed by atoms with E-state index in [9.17, 15) is 0 Å². The topological polar surface area (TPSA) is 48.3 Å². The number of benzene rings is 1. The van der Waals surface area contributed by atoms with Crippen LogP contribution in [0.2, 0.25) is 0 Å². The van der Waals surface area contributed by atoms with Crippen molar-refractivity contribution in [1.82, 2.24) is 10.2 Å². The summed E-state index contributed by atoms with van der Waals surface area (Å²) >= 11 is 0. The lowest BCUT2D eigenvalue weighted by molar-refractivity contribution is 0.312. The maximum atomic E-state index is 8.55. The fourth-order valence-electron chi connectivity index (χ4n) is 2.41. The van der Waals surface area contributed by atoms with E-state index >= 15 is 0 Å². The van der Waals surface area contributed by atoms with E-state index in [0.717, 1.165) is 31.8 Å². The van der Waals surface area contributed by atoms with Gasteiger partial charge in [-0.15, -0.1) is 0 Å². The molecule has 0 bridgehead atoms. The standard InChI is InChI=1S/C14H19N3O/c1-18-14-5-3-2-4-12(14)10-17-9-6-13(11-17)16-8-7-15/h2-5,13,16H,6,8-11H2,1H3. The van der Waals surface area contributed by atoms with Crippen LogP contribution in [0.15, 0.2) is 24.3 Å². The molecule has 1 saturated heterocycles. The van der Waals surface area contributed by atoms with Crippen LogP contribution < -0.4 is 10.1 Å². The smallest absolute Gasteiger partial charge is 0.123 e. The van der Waals surface area contributed by atoms with Gasteiger partial charge in [-0.25, -0.2) is 0 Å². The Morgan fingerprint density at radius 1 is 1.50 bits per heavy atom. The number of hydrogen-bond acceptors (Lipinski definition) is 4. The molecule has 2 rings (SSSR count). The Morgan fingerprint density at radius 2 is 2.33 bits per heavy atom. The molecule has 1 aromatic rings. The van der Waals surface area contributed by atoms with Crippen molar-refractivity contribution < 1.29 is 4.74 Å². The van der Waals surface area contributed by atoms with E-state index in [4.69, 9.17) is 10.00 Å². The summed E-state index contributed by atoms with van der Waals surface area (Å²) < 4.78 is 5.36. The molecular formula is C14H19N3O.